The molecule has 14 heavy (non-hydrogen) atoms. The van der Waals surface area contributed by atoms with Crippen LogP contribution in [0.1, 0.15) is 0 Å². The molecule has 72 valence electrons. The first kappa shape index (κ1) is 8.55. The zero-order valence-corrected chi connectivity index (χ0v) is 7.51. The first-order chi connectivity index (χ1) is 6.74. The number of hydrogen-bond acceptors (Lipinski definition) is 3. The van der Waals surface area contributed by atoms with Gasteiger partial charge in [-0.05, 0) is 6.07 Å². The molecule has 0 bridgehead atoms. The summed E-state index contributed by atoms with van der Waals surface area (Å²) in [7, 11) is 1.35. The third kappa shape index (κ3) is 1.10. The normalized spacial score (nSPS) is 10.4. The van der Waals surface area contributed by atoms with Crippen LogP contribution in [0.3, 0.4) is 0 Å². The summed E-state index contributed by atoms with van der Waals surface area (Å²) in [6.07, 6.45) is 1.11. The van der Waals surface area contributed by atoms with E-state index in [1.165, 1.54) is 7.11 Å². The van der Waals surface area contributed by atoms with E-state index in [-0.39, 0.29) is 5.88 Å². The van der Waals surface area contributed by atoms with Crippen molar-refractivity contribution in [3.05, 3.63) is 40.6 Å². The summed E-state index contributed by atoms with van der Waals surface area (Å²) in [5.74, 6) is -0.0151. The molecule has 1 aromatic carbocycles. The second kappa shape index (κ2) is 3.02. The van der Waals surface area contributed by atoms with E-state index < -0.39 is 0 Å². The Labute approximate surface area is 79.3 Å². The molecule has 0 saturated carbocycles. The van der Waals surface area contributed by atoms with Crippen LogP contribution < -0.4 is 9.16 Å². The van der Waals surface area contributed by atoms with Gasteiger partial charge in [0.1, 0.15) is 5.52 Å². The van der Waals surface area contributed by atoms with Crippen LogP contribution in [0.2, 0.25) is 0 Å². The lowest BCUT2D eigenvalue weighted by Gasteiger charge is -2.14. The van der Waals surface area contributed by atoms with Gasteiger partial charge in [-0.1, -0.05) is 12.1 Å². The molecule has 0 atom stereocenters. The minimum atomic E-state index is -0.0151. The van der Waals surface area contributed by atoms with Crippen LogP contribution in [0, 0.1) is 10.1 Å². The van der Waals surface area contributed by atoms with Crippen LogP contribution in [-0.4, -0.2) is 11.8 Å². The maximum atomic E-state index is 11.6. The van der Waals surface area contributed by atoms with E-state index in [2.05, 4.69) is 0 Å². The summed E-state index contributed by atoms with van der Waals surface area (Å²) < 4.78 is 5.96. The second-order valence-electron chi connectivity index (χ2n) is 2.78. The van der Waals surface area contributed by atoms with Crippen molar-refractivity contribution in [1.29, 1.82) is 0 Å². The van der Waals surface area contributed by atoms with E-state index in [9.17, 15) is 10.1 Å². The summed E-state index contributed by atoms with van der Waals surface area (Å²) in [4.78, 5) is 11.4. The minimum absolute atomic E-state index is 0.0151. The zero-order chi connectivity index (χ0) is 10.1. The van der Waals surface area contributed by atoms with Crippen molar-refractivity contribution < 1.29 is 9.16 Å². The average molecular weight is 192 g/mol. The molecular weight excluding hydrogens is 184 g/mol. The lowest BCUT2D eigenvalue weighted by Crippen LogP contribution is -2.18. The van der Waals surface area contributed by atoms with E-state index >= 15 is 0 Å². The fraction of sp³-hybridized carbons (Fsp3) is 0.111. The van der Waals surface area contributed by atoms with Gasteiger partial charge in [-0.3, -0.25) is 0 Å². The highest BCUT2D eigenvalue weighted by Crippen LogP contribution is 2.14. The Bertz CT molecular complexity index is 533. The fourth-order valence-corrected chi connectivity index (χ4v) is 1.30. The highest BCUT2D eigenvalue weighted by atomic mass is 16.5. The highest BCUT2D eigenvalue weighted by molar-refractivity contribution is 5.72. The Hall–Kier alpha value is -2.04. The maximum Gasteiger partial charge on any atom is 0.288 e. The maximum absolute atomic E-state index is 11.6. The number of benzene rings is 1. The summed E-state index contributed by atoms with van der Waals surface area (Å²) in [5.41, 5.74) is 0.616. The Balaban J connectivity index is 2.95. The van der Waals surface area contributed by atoms with Gasteiger partial charge in [0, 0.05) is 11.0 Å². The van der Waals surface area contributed by atoms with Crippen molar-refractivity contribution >= 4 is 11.0 Å². The SMILES string of the molecule is COc1c[n+](=O)c2ccccc2n1[O-]. The molecule has 1 heterocycles. The van der Waals surface area contributed by atoms with Crippen LogP contribution in [0.4, 0.5) is 0 Å². The summed E-state index contributed by atoms with van der Waals surface area (Å²) in [6, 6.07) is 6.54. The van der Waals surface area contributed by atoms with Gasteiger partial charge in [-0.2, -0.15) is 0 Å². The van der Waals surface area contributed by atoms with Gasteiger partial charge in [0.2, 0.25) is 0 Å². The lowest BCUT2D eigenvalue weighted by atomic mass is 10.3. The number of para-hydroxylation sites is 2. The van der Waals surface area contributed by atoms with Crippen molar-refractivity contribution in [2.24, 2.45) is 0 Å². The van der Waals surface area contributed by atoms with Crippen molar-refractivity contribution in [2.75, 3.05) is 7.11 Å². The summed E-state index contributed by atoms with van der Waals surface area (Å²) in [6.45, 7) is 0. The Morgan fingerprint density at radius 2 is 2.14 bits per heavy atom. The molecule has 0 radical (unpaired) electrons. The van der Waals surface area contributed by atoms with Gasteiger partial charge in [0.25, 0.3) is 17.6 Å². The molecule has 0 fully saturated rings. The van der Waals surface area contributed by atoms with Gasteiger partial charge in [-0.15, -0.1) is 0 Å². The van der Waals surface area contributed by atoms with Crippen molar-refractivity contribution in [2.45, 2.75) is 0 Å². The Morgan fingerprint density at radius 1 is 1.43 bits per heavy atom. The molecule has 0 saturated heterocycles. The van der Waals surface area contributed by atoms with Gasteiger partial charge >= 0.3 is 0 Å². The van der Waals surface area contributed by atoms with Crippen LogP contribution in [0.15, 0.2) is 30.5 Å². The molecular formula is C9H8N2O3. The monoisotopic (exact) mass is 192 g/mol. The molecule has 0 aliphatic carbocycles. The van der Waals surface area contributed by atoms with E-state index in [1.54, 1.807) is 24.3 Å². The average Bonchev–Trinajstić information content (AvgIpc) is 2.23. The number of hydrogen-bond donors (Lipinski definition) is 0. The third-order valence-corrected chi connectivity index (χ3v) is 1.97. The third-order valence-electron chi connectivity index (χ3n) is 1.97. The Morgan fingerprint density at radius 3 is 2.86 bits per heavy atom. The molecule has 0 N–H and O–H groups in total. The first-order valence-corrected chi connectivity index (χ1v) is 4.02. The molecule has 1 aromatic heterocycles. The molecule has 2 aromatic rings. The zero-order valence-electron chi connectivity index (χ0n) is 7.51. The van der Waals surface area contributed by atoms with E-state index in [0.29, 0.717) is 20.2 Å². The predicted octanol–water partition coefficient (Wildman–Crippen LogP) is 0.910. The molecule has 0 aliphatic rings. The van der Waals surface area contributed by atoms with Gasteiger partial charge < -0.3 is 14.7 Å². The number of fused-ring (bicyclic) bond motifs is 1. The van der Waals surface area contributed by atoms with E-state index in [1.807, 2.05) is 0 Å². The van der Waals surface area contributed by atoms with Crippen LogP contribution in [0.5, 0.6) is 5.88 Å². The van der Waals surface area contributed by atoms with E-state index in [4.69, 9.17) is 4.74 Å². The lowest BCUT2D eigenvalue weighted by molar-refractivity contribution is -0.465. The van der Waals surface area contributed by atoms with Crippen LogP contribution >= 0.6 is 0 Å². The molecule has 0 unspecified atom stereocenters. The molecule has 0 aliphatic heterocycles. The number of aromatic nitrogens is 2. The van der Waals surface area contributed by atoms with Crippen LogP contribution in [0.25, 0.3) is 11.0 Å². The number of rotatable bonds is 1. The van der Waals surface area contributed by atoms with Crippen molar-refractivity contribution in [1.82, 2.24) is 4.73 Å². The summed E-state index contributed by atoms with van der Waals surface area (Å²) in [5, 5.41) is 11.6. The molecule has 0 amide bonds. The highest BCUT2D eigenvalue weighted by Gasteiger charge is 2.10. The van der Waals surface area contributed by atoms with Gasteiger partial charge in [-0.25, -0.2) is 0 Å². The predicted molar refractivity (Wildman–Crippen MR) is 50.6 cm³/mol. The Kier molecular flexibility index (Phi) is 1.85. The van der Waals surface area contributed by atoms with Gasteiger partial charge in [0.05, 0.1) is 11.5 Å². The number of ether oxygens (including phenoxy) is 1. The number of methoxy groups -OCH3 is 1. The smallest absolute Gasteiger partial charge is 0.288 e. The topological polar surface area (TPSA) is 60.2 Å². The quantitative estimate of drug-likeness (QED) is 0.631. The molecule has 2 rings (SSSR count). The standard InChI is InChI=1S/C9H8N2O3/c1-14-9-6-10(12)7-4-2-3-5-8(7)11(9)13/h2-6H,1H3. The molecule has 5 nitrogen and oxygen atoms in total. The molecule has 5 heteroatoms. The van der Waals surface area contributed by atoms with Crippen LogP contribution in [-0.2, 0) is 0 Å². The summed E-state index contributed by atoms with van der Waals surface area (Å²) >= 11 is 0. The van der Waals surface area contributed by atoms with Crippen molar-refractivity contribution in [3.8, 4) is 5.88 Å². The number of nitrogens with zero attached hydrogens (tertiary/aromatic N) is 2. The molecule has 0 spiro atoms. The second-order valence-corrected chi connectivity index (χ2v) is 2.78. The largest absolute Gasteiger partial charge is 0.803 e. The first-order valence-electron chi connectivity index (χ1n) is 4.02. The van der Waals surface area contributed by atoms with Gasteiger partial charge in [0.15, 0.2) is 0 Å². The van der Waals surface area contributed by atoms with E-state index in [0.717, 1.165) is 6.20 Å². The minimum Gasteiger partial charge on any atom is -0.803 e. The fourth-order valence-electron chi connectivity index (χ4n) is 1.30. The van der Waals surface area contributed by atoms with Crippen molar-refractivity contribution in [3.63, 3.8) is 0 Å².